The zero-order chi connectivity index (χ0) is 10.7. The molecular weight excluding hydrogens is 184 g/mol. The van der Waals surface area contributed by atoms with Gasteiger partial charge < -0.3 is 9.47 Å². The van der Waals surface area contributed by atoms with E-state index in [2.05, 4.69) is 0 Å². The second-order valence-electron chi connectivity index (χ2n) is 3.26. The summed E-state index contributed by atoms with van der Waals surface area (Å²) in [6.07, 6.45) is 0.897. The molecule has 0 fully saturated rings. The third kappa shape index (κ3) is 2.13. The Kier molecular flexibility index (Phi) is 3.28. The molecule has 4 heteroatoms. The molecule has 0 amide bonds. The molecule has 14 heavy (non-hydrogen) atoms. The molecular formula is C10H14O4. The molecule has 0 saturated heterocycles. The zero-order valence-electron chi connectivity index (χ0n) is 8.57. The van der Waals surface area contributed by atoms with Gasteiger partial charge in [0.2, 0.25) is 0 Å². The van der Waals surface area contributed by atoms with Gasteiger partial charge >= 0.3 is 11.9 Å². The van der Waals surface area contributed by atoms with Gasteiger partial charge in [0.1, 0.15) is 12.0 Å². The average Bonchev–Trinajstić information content (AvgIpc) is 2.01. The summed E-state index contributed by atoms with van der Waals surface area (Å²) in [4.78, 5) is 22.4. The van der Waals surface area contributed by atoms with Crippen LogP contribution in [0.5, 0.6) is 0 Å². The van der Waals surface area contributed by atoms with Gasteiger partial charge in [0.15, 0.2) is 0 Å². The maximum Gasteiger partial charge on any atom is 0.331 e. The van der Waals surface area contributed by atoms with Crippen LogP contribution in [-0.4, -0.2) is 24.6 Å². The van der Waals surface area contributed by atoms with Crippen molar-refractivity contribution in [3.05, 3.63) is 11.6 Å². The van der Waals surface area contributed by atoms with E-state index in [1.807, 2.05) is 0 Å². The van der Waals surface area contributed by atoms with Crippen LogP contribution in [0.1, 0.15) is 20.8 Å². The number of ether oxygens (including phenoxy) is 2. The van der Waals surface area contributed by atoms with Gasteiger partial charge in [-0.3, -0.25) is 4.79 Å². The first-order valence-electron chi connectivity index (χ1n) is 4.61. The van der Waals surface area contributed by atoms with Crippen molar-refractivity contribution in [2.24, 2.45) is 5.92 Å². The third-order valence-corrected chi connectivity index (χ3v) is 2.15. The highest BCUT2D eigenvalue weighted by Crippen LogP contribution is 2.23. The molecule has 1 aliphatic heterocycles. The van der Waals surface area contributed by atoms with Gasteiger partial charge in [-0.25, -0.2) is 4.79 Å². The van der Waals surface area contributed by atoms with Crippen molar-refractivity contribution >= 4 is 11.9 Å². The second kappa shape index (κ2) is 4.26. The average molecular weight is 198 g/mol. The number of rotatable bonds is 2. The lowest BCUT2D eigenvalue weighted by Gasteiger charge is -2.26. The van der Waals surface area contributed by atoms with Crippen LogP contribution < -0.4 is 0 Å². The molecule has 0 bridgehead atoms. The van der Waals surface area contributed by atoms with E-state index in [-0.39, 0.29) is 5.97 Å². The number of hydrogen-bond donors (Lipinski definition) is 0. The van der Waals surface area contributed by atoms with Gasteiger partial charge in [0.05, 0.1) is 6.61 Å². The molecule has 0 spiro atoms. The van der Waals surface area contributed by atoms with Crippen LogP contribution in [0.4, 0.5) is 0 Å². The molecule has 0 N–H and O–H groups in total. The lowest BCUT2D eigenvalue weighted by molar-refractivity contribution is -0.157. The van der Waals surface area contributed by atoms with Crippen LogP contribution in [0.2, 0.25) is 0 Å². The first kappa shape index (κ1) is 10.8. The van der Waals surface area contributed by atoms with Crippen molar-refractivity contribution in [1.82, 2.24) is 0 Å². The molecule has 1 rings (SSSR count). The van der Waals surface area contributed by atoms with Crippen molar-refractivity contribution in [2.75, 3.05) is 6.61 Å². The maximum absolute atomic E-state index is 11.5. The molecule has 0 aromatic carbocycles. The Bertz CT molecular complexity index is 280. The van der Waals surface area contributed by atoms with Crippen LogP contribution in [0.15, 0.2) is 11.6 Å². The van der Waals surface area contributed by atoms with Crippen molar-refractivity contribution < 1.29 is 19.1 Å². The summed E-state index contributed by atoms with van der Waals surface area (Å²) in [6, 6.07) is 0. The van der Waals surface area contributed by atoms with Crippen LogP contribution in [-0.2, 0) is 19.1 Å². The minimum Gasteiger partial charge on any atom is -0.465 e. The van der Waals surface area contributed by atoms with Gasteiger partial charge in [-0.15, -0.1) is 0 Å². The number of esters is 2. The van der Waals surface area contributed by atoms with Gasteiger partial charge in [0, 0.05) is 6.08 Å². The van der Waals surface area contributed by atoms with E-state index < -0.39 is 18.0 Å². The quantitative estimate of drug-likeness (QED) is 0.622. The number of carbonyl (C=O) groups excluding carboxylic acids is 2. The van der Waals surface area contributed by atoms with Crippen LogP contribution in [0.3, 0.4) is 0 Å². The molecule has 0 aliphatic carbocycles. The van der Waals surface area contributed by atoms with Crippen LogP contribution >= 0.6 is 0 Å². The van der Waals surface area contributed by atoms with Crippen molar-refractivity contribution in [3.8, 4) is 0 Å². The standard InChI is InChI=1S/C10H14O4/c1-4-13-10(12)9-6(2)5-8(11)14-7(9)3/h5,7,9H,4H2,1-3H3/t7-,9+/m0/s1. The number of hydrogen-bond acceptors (Lipinski definition) is 4. The Hall–Kier alpha value is -1.32. The minimum atomic E-state index is -0.451. The van der Waals surface area contributed by atoms with Crippen molar-refractivity contribution in [3.63, 3.8) is 0 Å². The molecule has 0 unspecified atom stereocenters. The summed E-state index contributed by atoms with van der Waals surface area (Å²) in [6.45, 7) is 5.51. The predicted octanol–water partition coefficient (Wildman–Crippen LogP) is 1.06. The second-order valence-corrected chi connectivity index (χ2v) is 3.26. The molecule has 0 saturated carbocycles. The largest absolute Gasteiger partial charge is 0.465 e. The zero-order valence-corrected chi connectivity index (χ0v) is 8.57. The Morgan fingerprint density at radius 1 is 1.64 bits per heavy atom. The summed E-state index contributed by atoms with van der Waals surface area (Å²) in [5.74, 6) is -1.18. The molecule has 0 aromatic heterocycles. The topological polar surface area (TPSA) is 52.6 Å². The van der Waals surface area contributed by atoms with E-state index >= 15 is 0 Å². The van der Waals surface area contributed by atoms with Gasteiger partial charge in [-0.1, -0.05) is 0 Å². The lowest BCUT2D eigenvalue weighted by atomic mass is 9.93. The smallest absolute Gasteiger partial charge is 0.331 e. The first-order chi connectivity index (χ1) is 6.56. The highest BCUT2D eigenvalue weighted by atomic mass is 16.6. The van der Waals surface area contributed by atoms with E-state index in [0.717, 1.165) is 0 Å². The number of carbonyl (C=O) groups is 2. The summed E-state index contributed by atoms with van der Waals surface area (Å²) in [5.41, 5.74) is 0.701. The van der Waals surface area contributed by atoms with Crippen molar-refractivity contribution in [2.45, 2.75) is 26.9 Å². The summed E-state index contributed by atoms with van der Waals surface area (Å²) in [5, 5.41) is 0. The molecule has 0 aromatic rings. The molecule has 0 radical (unpaired) electrons. The normalized spacial score (nSPS) is 26.5. The Balaban J connectivity index is 2.81. The third-order valence-electron chi connectivity index (χ3n) is 2.15. The number of cyclic esters (lactones) is 1. The highest BCUT2D eigenvalue weighted by Gasteiger charge is 2.34. The van der Waals surface area contributed by atoms with Crippen LogP contribution in [0, 0.1) is 5.92 Å². The van der Waals surface area contributed by atoms with E-state index in [1.165, 1.54) is 6.08 Å². The Morgan fingerprint density at radius 2 is 2.29 bits per heavy atom. The Morgan fingerprint density at radius 3 is 2.79 bits per heavy atom. The minimum absolute atomic E-state index is 0.332. The Labute approximate surface area is 82.9 Å². The van der Waals surface area contributed by atoms with E-state index in [4.69, 9.17) is 9.47 Å². The first-order valence-corrected chi connectivity index (χ1v) is 4.61. The summed E-state index contributed by atoms with van der Waals surface area (Å²) >= 11 is 0. The molecule has 4 nitrogen and oxygen atoms in total. The highest BCUT2D eigenvalue weighted by molar-refractivity contribution is 5.88. The summed E-state index contributed by atoms with van der Waals surface area (Å²) < 4.78 is 9.81. The monoisotopic (exact) mass is 198 g/mol. The van der Waals surface area contributed by atoms with E-state index in [1.54, 1.807) is 20.8 Å². The molecule has 1 heterocycles. The predicted molar refractivity (Wildman–Crippen MR) is 49.4 cm³/mol. The van der Waals surface area contributed by atoms with Gasteiger partial charge in [-0.05, 0) is 26.3 Å². The fourth-order valence-corrected chi connectivity index (χ4v) is 1.54. The van der Waals surface area contributed by atoms with E-state index in [0.29, 0.717) is 12.2 Å². The fourth-order valence-electron chi connectivity index (χ4n) is 1.54. The van der Waals surface area contributed by atoms with Crippen molar-refractivity contribution in [1.29, 1.82) is 0 Å². The molecule has 2 atom stereocenters. The van der Waals surface area contributed by atoms with Gasteiger partial charge in [-0.2, -0.15) is 0 Å². The molecule has 1 aliphatic rings. The van der Waals surface area contributed by atoms with Crippen LogP contribution in [0.25, 0.3) is 0 Å². The SMILES string of the molecule is CCOC(=O)[C@@H]1C(C)=CC(=O)O[C@H]1C. The van der Waals surface area contributed by atoms with E-state index in [9.17, 15) is 9.59 Å². The maximum atomic E-state index is 11.5. The van der Waals surface area contributed by atoms with Gasteiger partial charge in [0.25, 0.3) is 0 Å². The molecule has 78 valence electrons. The lowest BCUT2D eigenvalue weighted by Crippen LogP contribution is -2.35. The summed E-state index contributed by atoms with van der Waals surface area (Å²) in [7, 11) is 0. The fraction of sp³-hybridized carbons (Fsp3) is 0.600.